The van der Waals surface area contributed by atoms with Crippen LogP contribution in [0.15, 0.2) is 59.2 Å². The first kappa shape index (κ1) is 14.6. The molecule has 3 aromatic rings. The van der Waals surface area contributed by atoms with E-state index in [1.807, 2.05) is 12.1 Å². The molecular formula is C21H22O. The maximum absolute atomic E-state index is 5.47. The van der Waals surface area contributed by atoms with Gasteiger partial charge in [0.15, 0.2) is 0 Å². The third-order valence-electron chi connectivity index (χ3n) is 4.40. The molecule has 112 valence electrons. The Bertz CT molecular complexity index is 767. The standard InChI is InChI=1S/C21H22O/c1-15-6-7-18(13-16(15)2)8-9-19-10-11-20(14-17(19)3)21-5-4-12-22-21/h4-7,10-14H,8-9H2,1-3H3. The Morgan fingerprint density at radius 3 is 2.32 bits per heavy atom. The zero-order valence-corrected chi connectivity index (χ0v) is 13.5. The summed E-state index contributed by atoms with van der Waals surface area (Å²) in [4.78, 5) is 0. The van der Waals surface area contributed by atoms with Gasteiger partial charge in [0.25, 0.3) is 0 Å². The molecule has 0 radical (unpaired) electrons. The molecule has 1 heteroatoms. The van der Waals surface area contributed by atoms with Crippen LogP contribution in [0.1, 0.15) is 27.8 Å². The Morgan fingerprint density at radius 2 is 1.64 bits per heavy atom. The van der Waals surface area contributed by atoms with E-state index >= 15 is 0 Å². The molecule has 0 saturated carbocycles. The number of hydrogen-bond acceptors (Lipinski definition) is 1. The summed E-state index contributed by atoms with van der Waals surface area (Å²) in [5.74, 6) is 0.934. The molecule has 22 heavy (non-hydrogen) atoms. The lowest BCUT2D eigenvalue weighted by atomic mass is 9.96. The van der Waals surface area contributed by atoms with Crippen LogP contribution in [0.3, 0.4) is 0 Å². The van der Waals surface area contributed by atoms with Crippen molar-refractivity contribution in [2.24, 2.45) is 0 Å². The fourth-order valence-electron chi connectivity index (χ4n) is 2.81. The number of rotatable bonds is 4. The highest BCUT2D eigenvalue weighted by Crippen LogP contribution is 2.23. The van der Waals surface area contributed by atoms with Crippen LogP contribution in [0.4, 0.5) is 0 Å². The fourth-order valence-corrected chi connectivity index (χ4v) is 2.81. The Kier molecular flexibility index (Phi) is 4.15. The van der Waals surface area contributed by atoms with Crippen molar-refractivity contribution in [3.05, 3.63) is 82.6 Å². The SMILES string of the molecule is Cc1ccc(CCc2ccc(-c3ccco3)cc2C)cc1C. The molecule has 0 atom stereocenters. The monoisotopic (exact) mass is 290 g/mol. The minimum absolute atomic E-state index is 0.934. The topological polar surface area (TPSA) is 13.1 Å². The van der Waals surface area contributed by atoms with Crippen molar-refractivity contribution in [3.63, 3.8) is 0 Å². The van der Waals surface area contributed by atoms with Crippen LogP contribution in [0, 0.1) is 20.8 Å². The van der Waals surface area contributed by atoms with Gasteiger partial charge in [-0.25, -0.2) is 0 Å². The lowest BCUT2D eigenvalue weighted by Gasteiger charge is -2.09. The van der Waals surface area contributed by atoms with Crippen molar-refractivity contribution in [1.29, 1.82) is 0 Å². The van der Waals surface area contributed by atoms with Crippen LogP contribution in [-0.4, -0.2) is 0 Å². The molecule has 0 aliphatic rings. The first-order valence-corrected chi connectivity index (χ1v) is 7.83. The van der Waals surface area contributed by atoms with Gasteiger partial charge >= 0.3 is 0 Å². The maximum Gasteiger partial charge on any atom is 0.133 e. The second kappa shape index (κ2) is 6.23. The highest BCUT2D eigenvalue weighted by molar-refractivity contribution is 5.59. The lowest BCUT2D eigenvalue weighted by molar-refractivity contribution is 0.582. The number of aryl methyl sites for hydroxylation is 5. The molecule has 0 saturated heterocycles. The van der Waals surface area contributed by atoms with Gasteiger partial charge in [-0.2, -0.15) is 0 Å². The predicted molar refractivity (Wildman–Crippen MR) is 92.2 cm³/mol. The summed E-state index contributed by atoms with van der Waals surface area (Å²) in [5, 5.41) is 0. The van der Waals surface area contributed by atoms with Gasteiger partial charge in [0.2, 0.25) is 0 Å². The number of benzene rings is 2. The Labute approximate surface area is 132 Å². The van der Waals surface area contributed by atoms with Gasteiger partial charge in [-0.1, -0.05) is 30.3 Å². The van der Waals surface area contributed by atoms with Gasteiger partial charge in [-0.3, -0.25) is 0 Å². The largest absolute Gasteiger partial charge is 0.464 e. The van der Waals surface area contributed by atoms with E-state index in [0.717, 1.165) is 24.2 Å². The molecule has 0 amide bonds. The van der Waals surface area contributed by atoms with Gasteiger partial charge in [0.1, 0.15) is 5.76 Å². The van der Waals surface area contributed by atoms with Crippen molar-refractivity contribution in [2.45, 2.75) is 33.6 Å². The molecular weight excluding hydrogens is 268 g/mol. The summed E-state index contributed by atoms with van der Waals surface area (Å²) in [6.45, 7) is 6.53. The molecule has 1 aromatic heterocycles. The Morgan fingerprint density at radius 1 is 0.773 bits per heavy atom. The normalized spacial score (nSPS) is 10.9. The fraction of sp³-hybridized carbons (Fsp3) is 0.238. The van der Waals surface area contributed by atoms with Crippen LogP contribution in [0.25, 0.3) is 11.3 Å². The first-order chi connectivity index (χ1) is 10.6. The quantitative estimate of drug-likeness (QED) is 0.604. The summed E-state index contributed by atoms with van der Waals surface area (Å²) in [5.41, 5.74) is 8.05. The molecule has 0 unspecified atom stereocenters. The van der Waals surface area contributed by atoms with Crippen molar-refractivity contribution in [1.82, 2.24) is 0 Å². The molecule has 0 aliphatic heterocycles. The molecule has 0 bridgehead atoms. The summed E-state index contributed by atoms with van der Waals surface area (Å²) in [7, 11) is 0. The van der Waals surface area contributed by atoms with Crippen LogP contribution in [-0.2, 0) is 12.8 Å². The van der Waals surface area contributed by atoms with Gasteiger partial charge in [-0.05, 0) is 79.6 Å². The number of furan rings is 1. The molecule has 1 nitrogen and oxygen atoms in total. The van der Waals surface area contributed by atoms with E-state index < -0.39 is 0 Å². The Balaban J connectivity index is 1.74. The molecule has 3 rings (SSSR count). The molecule has 0 spiro atoms. The summed E-state index contributed by atoms with van der Waals surface area (Å²) < 4.78 is 5.47. The van der Waals surface area contributed by atoms with Gasteiger partial charge in [-0.15, -0.1) is 0 Å². The Hall–Kier alpha value is -2.28. The minimum Gasteiger partial charge on any atom is -0.464 e. The lowest BCUT2D eigenvalue weighted by Crippen LogP contribution is -1.95. The highest BCUT2D eigenvalue weighted by Gasteiger charge is 2.05. The molecule has 2 aromatic carbocycles. The van der Waals surface area contributed by atoms with Crippen LogP contribution in [0.2, 0.25) is 0 Å². The van der Waals surface area contributed by atoms with Gasteiger partial charge in [0.05, 0.1) is 6.26 Å². The second-order valence-electron chi connectivity index (χ2n) is 6.04. The van der Waals surface area contributed by atoms with Crippen molar-refractivity contribution < 1.29 is 4.42 Å². The molecule has 1 heterocycles. The van der Waals surface area contributed by atoms with Gasteiger partial charge in [0, 0.05) is 5.56 Å². The first-order valence-electron chi connectivity index (χ1n) is 7.83. The summed E-state index contributed by atoms with van der Waals surface area (Å²) in [6.07, 6.45) is 3.88. The molecule has 0 N–H and O–H groups in total. The van der Waals surface area contributed by atoms with E-state index in [4.69, 9.17) is 4.42 Å². The average molecular weight is 290 g/mol. The smallest absolute Gasteiger partial charge is 0.133 e. The summed E-state index contributed by atoms with van der Waals surface area (Å²) in [6, 6.07) is 17.3. The van der Waals surface area contributed by atoms with Crippen molar-refractivity contribution >= 4 is 0 Å². The third-order valence-corrected chi connectivity index (χ3v) is 4.40. The summed E-state index contributed by atoms with van der Waals surface area (Å²) >= 11 is 0. The number of hydrogen-bond donors (Lipinski definition) is 0. The van der Waals surface area contributed by atoms with Crippen LogP contribution >= 0.6 is 0 Å². The van der Waals surface area contributed by atoms with E-state index in [1.54, 1.807) is 6.26 Å². The zero-order chi connectivity index (χ0) is 15.5. The van der Waals surface area contributed by atoms with Crippen LogP contribution in [0.5, 0.6) is 0 Å². The molecule has 0 fully saturated rings. The zero-order valence-electron chi connectivity index (χ0n) is 13.5. The van der Waals surface area contributed by atoms with E-state index in [0.29, 0.717) is 0 Å². The van der Waals surface area contributed by atoms with E-state index in [2.05, 4.69) is 57.2 Å². The highest BCUT2D eigenvalue weighted by atomic mass is 16.3. The average Bonchev–Trinajstić information content (AvgIpc) is 3.04. The van der Waals surface area contributed by atoms with Crippen molar-refractivity contribution in [3.8, 4) is 11.3 Å². The predicted octanol–water partition coefficient (Wildman–Crippen LogP) is 5.66. The maximum atomic E-state index is 5.47. The third kappa shape index (κ3) is 3.14. The minimum atomic E-state index is 0.934. The molecule has 0 aliphatic carbocycles. The van der Waals surface area contributed by atoms with Crippen LogP contribution < -0.4 is 0 Å². The van der Waals surface area contributed by atoms with Gasteiger partial charge < -0.3 is 4.42 Å². The van der Waals surface area contributed by atoms with E-state index in [9.17, 15) is 0 Å². The van der Waals surface area contributed by atoms with E-state index in [1.165, 1.54) is 27.8 Å². The van der Waals surface area contributed by atoms with Crippen molar-refractivity contribution in [2.75, 3.05) is 0 Å². The second-order valence-corrected chi connectivity index (χ2v) is 6.04. The van der Waals surface area contributed by atoms with E-state index in [-0.39, 0.29) is 0 Å².